The standard InChI is InChI=1S/C8H9F2N3O2/c1-13(4-6(9)10)7-3-11-2-5(12-7)8(14)15/h2-3,6H,4H2,1H3,(H,14,15). The molecule has 0 saturated carbocycles. The normalized spacial score (nSPS) is 10.4. The molecule has 0 atom stereocenters. The van der Waals surface area contributed by atoms with Crippen molar-refractivity contribution in [1.29, 1.82) is 0 Å². The molecule has 0 fully saturated rings. The number of halogens is 2. The van der Waals surface area contributed by atoms with Crippen LogP contribution >= 0.6 is 0 Å². The summed E-state index contributed by atoms with van der Waals surface area (Å²) in [6.45, 7) is -0.516. The fourth-order valence-corrected chi connectivity index (χ4v) is 0.943. The van der Waals surface area contributed by atoms with Crippen molar-refractivity contribution in [2.75, 3.05) is 18.5 Å². The Bertz CT molecular complexity index is 359. The Morgan fingerprint density at radius 1 is 1.60 bits per heavy atom. The van der Waals surface area contributed by atoms with Crippen molar-refractivity contribution < 1.29 is 18.7 Å². The molecule has 1 rings (SSSR count). The van der Waals surface area contributed by atoms with Gasteiger partial charge in [0.2, 0.25) is 0 Å². The van der Waals surface area contributed by atoms with Crippen molar-refractivity contribution in [2.24, 2.45) is 0 Å². The summed E-state index contributed by atoms with van der Waals surface area (Å²) in [5, 5.41) is 8.60. The van der Waals surface area contributed by atoms with E-state index in [4.69, 9.17) is 5.11 Å². The zero-order valence-corrected chi connectivity index (χ0v) is 7.89. The van der Waals surface area contributed by atoms with Gasteiger partial charge in [0.1, 0.15) is 5.82 Å². The predicted octanol–water partition coefficient (Wildman–Crippen LogP) is 0.876. The van der Waals surface area contributed by atoms with Crippen LogP contribution in [0.3, 0.4) is 0 Å². The first-order valence-corrected chi connectivity index (χ1v) is 4.05. The van der Waals surface area contributed by atoms with Crippen LogP contribution in [0.15, 0.2) is 12.4 Å². The van der Waals surface area contributed by atoms with Gasteiger partial charge in [0.15, 0.2) is 5.69 Å². The summed E-state index contributed by atoms with van der Waals surface area (Å²) >= 11 is 0. The molecule has 7 heteroatoms. The van der Waals surface area contributed by atoms with Crippen molar-refractivity contribution in [3.63, 3.8) is 0 Å². The van der Waals surface area contributed by atoms with E-state index in [2.05, 4.69) is 9.97 Å². The predicted molar refractivity (Wildman–Crippen MR) is 48.3 cm³/mol. The number of aromatic carboxylic acids is 1. The second-order valence-corrected chi connectivity index (χ2v) is 2.84. The lowest BCUT2D eigenvalue weighted by Gasteiger charge is -2.16. The Kier molecular flexibility index (Phi) is 3.48. The van der Waals surface area contributed by atoms with Crippen molar-refractivity contribution in [2.45, 2.75) is 6.43 Å². The van der Waals surface area contributed by atoms with Crippen molar-refractivity contribution in [1.82, 2.24) is 9.97 Å². The van der Waals surface area contributed by atoms with Crippen LogP contribution in [0.25, 0.3) is 0 Å². The van der Waals surface area contributed by atoms with Crippen LogP contribution in [0.1, 0.15) is 10.5 Å². The van der Waals surface area contributed by atoms with Gasteiger partial charge in [-0.05, 0) is 0 Å². The fourth-order valence-electron chi connectivity index (χ4n) is 0.943. The summed E-state index contributed by atoms with van der Waals surface area (Å²) in [5.74, 6) is -1.13. The average Bonchev–Trinajstić information content (AvgIpc) is 2.17. The lowest BCUT2D eigenvalue weighted by Crippen LogP contribution is -2.25. The molecule has 0 amide bonds. The number of hydrogen-bond acceptors (Lipinski definition) is 4. The second-order valence-electron chi connectivity index (χ2n) is 2.84. The van der Waals surface area contributed by atoms with Crippen molar-refractivity contribution in [3.8, 4) is 0 Å². The lowest BCUT2D eigenvalue weighted by molar-refractivity contribution is 0.0690. The minimum Gasteiger partial charge on any atom is -0.476 e. The molecule has 0 aliphatic rings. The van der Waals surface area contributed by atoms with Crippen molar-refractivity contribution >= 4 is 11.8 Å². The van der Waals surface area contributed by atoms with Gasteiger partial charge < -0.3 is 10.0 Å². The highest BCUT2D eigenvalue weighted by atomic mass is 19.3. The van der Waals surface area contributed by atoms with E-state index < -0.39 is 18.9 Å². The number of aromatic nitrogens is 2. The van der Waals surface area contributed by atoms with E-state index in [1.807, 2.05) is 0 Å². The Labute approximate surface area is 84.4 Å². The van der Waals surface area contributed by atoms with Gasteiger partial charge in [-0.15, -0.1) is 0 Å². The topological polar surface area (TPSA) is 66.3 Å². The zero-order chi connectivity index (χ0) is 11.4. The first kappa shape index (κ1) is 11.3. The molecule has 1 aromatic rings. The number of anilines is 1. The molecular formula is C8H9F2N3O2. The summed E-state index contributed by atoms with van der Waals surface area (Å²) < 4.78 is 24.0. The number of rotatable bonds is 4. The summed E-state index contributed by atoms with van der Waals surface area (Å²) in [6.07, 6.45) is -0.220. The fraction of sp³-hybridized carbons (Fsp3) is 0.375. The first-order chi connectivity index (χ1) is 7.00. The smallest absolute Gasteiger partial charge is 0.356 e. The van der Waals surface area contributed by atoms with Crippen LogP contribution in [0, 0.1) is 0 Å². The molecule has 0 aliphatic carbocycles. The lowest BCUT2D eigenvalue weighted by atomic mass is 10.4. The molecule has 0 spiro atoms. The van der Waals surface area contributed by atoms with E-state index in [9.17, 15) is 13.6 Å². The summed E-state index contributed by atoms with van der Waals surface area (Å²) in [6, 6.07) is 0. The molecule has 0 bridgehead atoms. The third-order valence-corrected chi connectivity index (χ3v) is 1.64. The number of nitrogens with zero attached hydrogens (tertiary/aromatic N) is 3. The van der Waals surface area contributed by atoms with Gasteiger partial charge >= 0.3 is 5.97 Å². The Hall–Kier alpha value is -1.79. The van der Waals surface area contributed by atoms with Gasteiger partial charge in [0, 0.05) is 7.05 Å². The van der Waals surface area contributed by atoms with E-state index in [1.165, 1.54) is 13.2 Å². The number of alkyl halides is 2. The van der Waals surface area contributed by atoms with E-state index in [-0.39, 0.29) is 11.5 Å². The van der Waals surface area contributed by atoms with Gasteiger partial charge in [-0.2, -0.15) is 0 Å². The Morgan fingerprint density at radius 3 is 2.80 bits per heavy atom. The largest absolute Gasteiger partial charge is 0.476 e. The highest BCUT2D eigenvalue weighted by molar-refractivity contribution is 5.85. The maximum absolute atomic E-state index is 12.0. The number of carbonyl (C=O) groups is 1. The van der Waals surface area contributed by atoms with Gasteiger partial charge in [0.05, 0.1) is 18.9 Å². The molecule has 0 aliphatic heterocycles. The average molecular weight is 217 g/mol. The molecule has 1 aromatic heterocycles. The van der Waals surface area contributed by atoms with Gasteiger partial charge in [-0.25, -0.2) is 18.6 Å². The minimum atomic E-state index is -2.51. The van der Waals surface area contributed by atoms with Gasteiger partial charge in [-0.3, -0.25) is 4.98 Å². The van der Waals surface area contributed by atoms with Crippen LogP contribution in [-0.4, -0.2) is 41.1 Å². The first-order valence-electron chi connectivity index (χ1n) is 4.05. The monoisotopic (exact) mass is 217 g/mol. The van der Waals surface area contributed by atoms with E-state index >= 15 is 0 Å². The molecule has 1 N–H and O–H groups in total. The Balaban J connectivity index is 2.85. The molecule has 0 unspecified atom stereocenters. The number of carboxylic acid groups (broad SMARTS) is 1. The molecule has 5 nitrogen and oxygen atoms in total. The van der Waals surface area contributed by atoms with Crippen LogP contribution in [-0.2, 0) is 0 Å². The molecular weight excluding hydrogens is 208 g/mol. The molecule has 1 heterocycles. The quantitative estimate of drug-likeness (QED) is 0.810. The van der Waals surface area contributed by atoms with Gasteiger partial charge in [0.25, 0.3) is 6.43 Å². The SMILES string of the molecule is CN(CC(F)F)c1cncc(C(=O)O)n1. The molecule has 15 heavy (non-hydrogen) atoms. The van der Waals surface area contributed by atoms with Gasteiger partial charge in [-0.1, -0.05) is 0 Å². The molecule has 82 valence electrons. The van der Waals surface area contributed by atoms with E-state index in [0.29, 0.717) is 0 Å². The third kappa shape index (κ3) is 3.12. The number of hydrogen-bond donors (Lipinski definition) is 1. The van der Waals surface area contributed by atoms with Crippen LogP contribution in [0.2, 0.25) is 0 Å². The molecule has 0 radical (unpaired) electrons. The minimum absolute atomic E-state index is 0.107. The molecule has 0 aromatic carbocycles. The number of carboxylic acids is 1. The zero-order valence-electron chi connectivity index (χ0n) is 7.89. The van der Waals surface area contributed by atoms with Crippen LogP contribution in [0.5, 0.6) is 0 Å². The second kappa shape index (κ2) is 4.63. The maximum Gasteiger partial charge on any atom is 0.356 e. The maximum atomic E-state index is 12.0. The van der Waals surface area contributed by atoms with Crippen molar-refractivity contribution in [3.05, 3.63) is 18.1 Å². The van der Waals surface area contributed by atoms with E-state index in [0.717, 1.165) is 11.1 Å². The highest BCUT2D eigenvalue weighted by Crippen LogP contribution is 2.09. The molecule has 0 saturated heterocycles. The summed E-state index contributed by atoms with van der Waals surface area (Å²) in [5.41, 5.74) is -0.270. The highest BCUT2D eigenvalue weighted by Gasteiger charge is 2.12. The Morgan fingerprint density at radius 2 is 2.27 bits per heavy atom. The van der Waals surface area contributed by atoms with E-state index in [1.54, 1.807) is 0 Å². The van der Waals surface area contributed by atoms with Crippen LogP contribution < -0.4 is 4.90 Å². The van der Waals surface area contributed by atoms with Crippen LogP contribution in [0.4, 0.5) is 14.6 Å². The third-order valence-electron chi connectivity index (χ3n) is 1.64. The summed E-state index contributed by atoms with van der Waals surface area (Å²) in [7, 11) is 1.39. The summed E-state index contributed by atoms with van der Waals surface area (Å²) in [4.78, 5) is 18.9.